The molecule has 0 aliphatic carbocycles. The van der Waals surface area contributed by atoms with Gasteiger partial charge in [0.25, 0.3) is 5.91 Å². The molecule has 2 heterocycles. The first-order valence-corrected chi connectivity index (χ1v) is 7.74. The van der Waals surface area contributed by atoms with Crippen LogP contribution in [0, 0.1) is 0 Å². The number of aromatic nitrogens is 4. The first kappa shape index (κ1) is 19.5. The summed E-state index contributed by atoms with van der Waals surface area (Å²) in [6.07, 6.45) is -3.67. The van der Waals surface area contributed by atoms with Crippen LogP contribution in [0.1, 0.15) is 47.4 Å². The van der Waals surface area contributed by atoms with Crippen molar-refractivity contribution in [3.63, 3.8) is 0 Å². The van der Waals surface area contributed by atoms with E-state index in [0.29, 0.717) is 12.6 Å². The zero-order valence-electron chi connectivity index (χ0n) is 14.6. The molecule has 11 heteroatoms. The minimum atomic E-state index is -4.67. The Morgan fingerprint density at radius 3 is 2.46 bits per heavy atom. The van der Waals surface area contributed by atoms with Crippen LogP contribution < -0.4 is 5.32 Å². The third-order valence-electron chi connectivity index (χ3n) is 3.27. The van der Waals surface area contributed by atoms with Gasteiger partial charge in [0.15, 0.2) is 11.4 Å². The maximum absolute atomic E-state index is 12.7. The fourth-order valence-electron chi connectivity index (χ4n) is 2.10. The molecule has 142 valence electrons. The van der Waals surface area contributed by atoms with Gasteiger partial charge in [0, 0.05) is 25.9 Å². The molecule has 0 spiro atoms. The first-order chi connectivity index (χ1) is 12.0. The van der Waals surface area contributed by atoms with E-state index >= 15 is 0 Å². The van der Waals surface area contributed by atoms with Gasteiger partial charge in [0.2, 0.25) is 0 Å². The highest BCUT2D eigenvalue weighted by Crippen LogP contribution is 2.28. The minimum Gasteiger partial charge on any atom is -0.458 e. The SMILES string of the molecule is CCn1cc(NC(=O)c2cc(C(F)(F)F)nn2C)c(C(=O)OC(C)C)n1. The summed E-state index contributed by atoms with van der Waals surface area (Å²) in [7, 11) is 1.22. The van der Waals surface area contributed by atoms with E-state index in [2.05, 4.69) is 15.5 Å². The summed E-state index contributed by atoms with van der Waals surface area (Å²) in [6.45, 7) is 5.50. The van der Waals surface area contributed by atoms with Crippen LogP contribution in [0.15, 0.2) is 12.3 Å². The predicted molar refractivity (Wildman–Crippen MR) is 84.6 cm³/mol. The van der Waals surface area contributed by atoms with Crippen LogP contribution in [-0.4, -0.2) is 37.5 Å². The van der Waals surface area contributed by atoms with E-state index < -0.39 is 29.9 Å². The Kier molecular flexibility index (Phi) is 5.38. The van der Waals surface area contributed by atoms with Crippen molar-refractivity contribution in [3.8, 4) is 0 Å². The van der Waals surface area contributed by atoms with Crippen molar-refractivity contribution in [2.45, 2.75) is 39.6 Å². The van der Waals surface area contributed by atoms with Crippen LogP contribution in [0.25, 0.3) is 0 Å². The Morgan fingerprint density at radius 1 is 1.31 bits per heavy atom. The van der Waals surface area contributed by atoms with Gasteiger partial charge in [-0.3, -0.25) is 14.2 Å². The van der Waals surface area contributed by atoms with Crippen molar-refractivity contribution < 1.29 is 27.5 Å². The van der Waals surface area contributed by atoms with Gasteiger partial charge >= 0.3 is 12.1 Å². The number of nitrogens with zero attached hydrogens (tertiary/aromatic N) is 4. The normalized spacial score (nSPS) is 11.7. The molecule has 0 saturated heterocycles. The number of esters is 1. The van der Waals surface area contributed by atoms with Gasteiger partial charge in [-0.25, -0.2) is 4.79 Å². The van der Waals surface area contributed by atoms with Gasteiger partial charge in [0.1, 0.15) is 5.69 Å². The van der Waals surface area contributed by atoms with Crippen LogP contribution in [0.3, 0.4) is 0 Å². The van der Waals surface area contributed by atoms with E-state index in [4.69, 9.17) is 4.74 Å². The second-order valence-corrected chi connectivity index (χ2v) is 5.69. The molecule has 8 nitrogen and oxygen atoms in total. The lowest BCUT2D eigenvalue weighted by atomic mass is 10.3. The molecule has 2 rings (SSSR count). The summed E-state index contributed by atoms with van der Waals surface area (Å²) in [5, 5.41) is 9.69. The largest absolute Gasteiger partial charge is 0.458 e. The second kappa shape index (κ2) is 7.18. The van der Waals surface area contributed by atoms with E-state index in [1.54, 1.807) is 20.8 Å². The standard InChI is InChI=1S/C15H18F3N5O3/c1-5-23-7-9(12(21-23)14(25)26-8(2)3)19-13(24)10-6-11(15(16,17)18)20-22(10)4/h6-8H,5H2,1-4H3,(H,19,24). The molecule has 0 radical (unpaired) electrons. The maximum Gasteiger partial charge on any atom is 0.435 e. The van der Waals surface area contributed by atoms with Crippen molar-refractivity contribution >= 4 is 17.6 Å². The number of rotatable bonds is 5. The highest BCUT2D eigenvalue weighted by Gasteiger charge is 2.35. The lowest BCUT2D eigenvalue weighted by Crippen LogP contribution is -2.19. The number of carbonyl (C=O) groups is 2. The number of anilines is 1. The maximum atomic E-state index is 12.7. The summed E-state index contributed by atoms with van der Waals surface area (Å²) >= 11 is 0. The van der Waals surface area contributed by atoms with Crippen LogP contribution >= 0.6 is 0 Å². The number of ether oxygens (including phenoxy) is 1. The van der Waals surface area contributed by atoms with Crippen LogP contribution in [-0.2, 0) is 24.5 Å². The summed E-state index contributed by atoms with van der Waals surface area (Å²) in [4.78, 5) is 24.5. The number of aryl methyl sites for hydroxylation is 2. The van der Waals surface area contributed by atoms with E-state index in [1.807, 2.05) is 0 Å². The third kappa shape index (κ3) is 4.21. The zero-order chi connectivity index (χ0) is 19.6. The van der Waals surface area contributed by atoms with Gasteiger partial charge in [-0.2, -0.15) is 23.4 Å². The summed E-state index contributed by atoms with van der Waals surface area (Å²) in [5.74, 6) is -1.60. The average Bonchev–Trinajstić information content (AvgIpc) is 3.09. The number of hydrogen-bond donors (Lipinski definition) is 1. The molecule has 0 saturated carbocycles. The van der Waals surface area contributed by atoms with Crippen molar-refractivity contribution in [3.05, 3.63) is 29.3 Å². The van der Waals surface area contributed by atoms with Crippen molar-refractivity contribution in [2.24, 2.45) is 7.05 Å². The van der Waals surface area contributed by atoms with Gasteiger partial charge in [0.05, 0.1) is 11.8 Å². The highest BCUT2D eigenvalue weighted by atomic mass is 19.4. The van der Waals surface area contributed by atoms with Gasteiger partial charge < -0.3 is 10.1 Å². The average molecular weight is 373 g/mol. The van der Waals surface area contributed by atoms with Crippen molar-refractivity contribution in [1.29, 1.82) is 0 Å². The number of halogens is 3. The number of amides is 1. The molecular formula is C15H18F3N5O3. The van der Waals surface area contributed by atoms with E-state index in [-0.39, 0.29) is 17.1 Å². The van der Waals surface area contributed by atoms with E-state index in [9.17, 15) is 22.8 Å². The quantitative estimate of drug-likeness (QED) is 0.813. The molecule has 0 bridgehead atoms. The smallest absolute Gasteiger partial charge is 0.435 e. The Morgan fingerprint density at radius 2 is 1.96 bits per heavy atom. The number of alkyl halides is 3. The molecule has 1 amide bonds. The Bertz CT molecular complexity index is 823. The monoisotopic (exact) mass is 373 g/mol. The molecule has 2 aromatic heterocycles. The third-order valence-corrected chi connectivity index (χ3v) is 3.27. The lowest BCUT2D eigenvalue weighted by Gasteiger charge is -2.08. The van der Waals surface area contributed by atoms with Crippen LogP contribution in [0.4, 0.5) is 18.9 Å². The number of nitrogens with one attached hydrogen (secondary N) is 1. The molecule has 0 aliphatic rings. The fraction of sp³-hybridized carbons (Fsp3) is 0.467. The van der Waals surface area contributed by atoms with Crippen molar-refractivity contribution in [2.75, 3.05) is 5.32 Å². The Labute approximate surface area is 146 Å². The molecule has 1 N–H and O–H groups in total. The van der Waals surface area contributed by atoms with Crippen LogP contribution in [0.2, 0.25) is 0 Å². The van der Waals surface area contributed by atoms with Gasteiger partial charge in [-0.15, -0.1) is 0 Å². The molecule has 0 atom stereocenters. The number of carbonyl (C=O) groups excluding carboxylic acids is 2. The molecule has 0 unspecified atom stereocenters. The van der Waals surface area contributed by atoms with Gasteiger partial charge in [-0.1, -0.05) is 0 Å². The molecule has 0 aromatic carbocycles. The molecule has 2 aromatic rings. The summed E-state index contributed by atoms with van der Waals surface area (Å²) in [6, 6.07) is 0.631. The van der Waals surface area contributed by atoms with Gasteiger partial charge in [-0.05, 0) is 20.8 Å². The molecule has 0 fully saturated rings. The topological polar surface area (TPSA) is 91.0 Å². The minimum absolute atomic E-state index is 0.0391. The Balaban J connectivity index is 2.30. The highest BCUT2D eigenvalue weighted by molar-refractivity contribution is 6.06. The molecule has 26 heavy (non-hydrogen) atoms. The van der Waals surface area contributed by atoms with Crippen LogP contribution in [0.5, 0.6) is 0 Å². The predicted octanol–water partition coefficient (Wildman–Crippen LogP) is 2.47. The summed E-state index contributed by atoms with van der Waals surface area (Å²) in [5.41, 5.74) is -1.59. The van der Waals surface area contributed by atoms with Crippen molar-refractivity contribution in [1.82, 2.24) is 19.6 Å². The zero-order valence-corrected chi connectivity index (χ0v) is 14.6. The molecular weight excluding hydrogens is 355 g/mol. The second-order valence-electron chi connectivity index (χ2n) is 5.69. The lowest BCUT2D eigenvalue weighted by molar-refractivity contribution is -0.141. The first-order valence-electron chi connectivity index (χ1n) is 7.74. The fourth-order valence-corrected chi connectivity index (χ4v) is 2.10. The number of hydrogen-bond acceptors (Lipinski definition) is 5. The van der Waals surface area contributed by atoms with E-state index in [0.717, 1.165) is 4.68 Å². The summed E-state index contributed by atoms with van der Waals surface area (Å²) < 4.78 is 45.5. The van der Waals surface area contributed by atoms with E-state index in [1.165, 1.54) is 17.9 Å². The Hall–Kier alpha value is -2.85. The molecule has 0 aliphatic heterocycles.